The Kier molecular flexibility index (Phi) is 4.16. The average Bonchev–Trinajstić information content (AvgIpc) is 2.45. The maximum atomic E-state index is 13.2. The largest absolute Gasteiger partial charge is 0.496 e. The third-order valence-corrected chi connectivity index (χ3v) is 3.01. The molecule has 0 amide bonds. The van der Waals surface area contributed by atoms with Gasteiger partial charge in [-0.1, -0.05) is 24.3 Å². The van der Waals surface area contributed by atoms with Gasteiger partial charge in [-0.05, 0) is 29.3 Å². The number of hydrogen-bond donors (Lipinski definition) is 0. The van der Waals surface area contributed by atoms with Crippen molar-refractivity contribution in [3.8, 4) is 16.9 Å². The first-order valence-corrected chi connectivity index (χ1v) is 5.97. The number of rotatable bonds is 3. The van der Waals surface area contributed by atoms with Crippen molar-refractivity contribution in [3.05, 3.63) is 53.6 Å². The van der Waals surface area contributed by atoms with Gasteiger partial charge < -0.3 is 4.74 Å². The van der Waals surface area contributed by atoms with E-state index in [0.29, 0.717) is 0 Å². The van der Waals surface area contributed by atoms with E-state index in [1.807, 2.05) is 0 Å². The number of benzene rings is 2. The Morgan fingerprint density at radius 1 is 1.00 bits per heavy atom. The first-order valence-electron chi connectivity index (χ1n) is 5.97. The van der Waals surface area contributed by atoms with Crippen molar-refractivity contribution < 1.29 is 26.7 Å². The second kappa shape index (κ2) is 5.71. The number of hydrogen-bond acceptors (Lipinski definition) is 1. The van der Waals surface area contributed by atoms with Crippen molar-refractivity contribution >= 4 is 0 Å². The van der Waals surface area contributed by atoms with Gasteiger partial charge in [0.05, 0.1) is 18.2 Å². The lowest BCUT2D eigenvalue weighted by Gasteiger charge is -2.14. The summed E-state index contributed by atoms with van der Waals surface area (Å²) in [5.41, 5.74) is -1.21. The van der Waals surface area contributed by atoms with Crippen molar-refractivity contribution in [1.29, 1.82) is 0 Å². The first kappa shape index (κ1) is 15.3. The molecule has 0 saturated heterocycles. The molecule has 0 N–H and O–H groups in total. The molecule has 2 aromatic rings. The second-order valence-corrected chi connectivity index (χ2v) is 4.30. The molecule has 0 aliphatic carbocycles. The van der Waals surface area contributed by atoms with Crippen LogP contribution in [0.3, 0.4) is 0 Å². The molecule has 0 radical (unpaired) electrons. The van der Waals surface area contributed by atoms with Crippen LogP contribution < -0.4 is 4.74 Å². The van der Waals surface area contributed by atoms with E-state index in [1.165, 1.54) is 37.4 Å². The standard InChI is InChI=1S/C15H11F5O/c1-21-12-7-3-6-11(13(12)14(16)17)9-4-2-5-10(8-9)15(18,19)20/h2-8,14H,1H3. The molecule has 6 heteroatoms. The van der Waals surface area contributed by atoms with Crippen LogP contribution in [0.5, 0.6) is 5.75 Å². The van der Waals surface area contributed by atoms with Gasteiger partial charge in [0.1, 0.15) is 5.75 Å². The van der Waals surface area contributed by atoms with Gasteiger partial charge in [0.25, 0.3) is 6.43 Å². The molecule has 0 aromatic heterocycles. The Morgan fingerprint density at radius 3 is 2.24 bits per heavy atom. The topological polar surface area (TPSA) is 9.23 Å². The summed E-state index contributed by atoms with van der Waals surface area (Å²) in [5, 5.41) is 0. The molecule has 0 bridgehead atoms. The molecule has 2 rings (SSSR count). The highest BCUT2D eigenvalue weighted by molar-refractivity contribution is 5.71. The highest BCUT2D eigenvalue weighted by Crippen LogP contribution is 2.39. The van der Waals surface area contributed by atoms with Crippen LogP contribution in [0.25, 0.3) is 11.1 Å². The molecule has 112 valence electrons. The molecule has 0 aliphatic heterocycles. The molecule has 0 saturated carbocycles. The number of alkyl halides is 5. The molecular weight excluding hydrogens is 291 g/mol. The third kappa shape index (κ3) is 3.15. The van der Waals surface area contributed by atoms with Gasteiger partial charge in [-0.3, -0.25) is 0 Å². The predicted octanol–water partition coefficient (Wildman–Crippen LogP) is 5.32. The van der Waals surface area contributed by atoms with E-state index in [0.717, 1.165) is 12.1 Å². The molecule has 0 spiro atoms. The Balaban J connectivity index is 2.62. The zero-order valence-corrected chi connectivity index (χ0v) is 10.9. The van der Waals surface area contributed by atoms with E-state index >= 15 is 0 Å². The van der Waals surface area contributed by atoms with Gasteiger partial charge in [-0.25, -0.2) is 8.78 Å². The van der Waals surface area contributed by atoms with E-state index < -0.39 is 23.7 Å². The van der Waals surface area contributed by atoms with Crippen LogP contribution in [-0.4, -0.2) is 7.11 Å². The van der Waals surface area contributed by atoms with E-state index in [4.69, 9.17) is 4.74 Å². The van der Waals surface area contributed by atoms with Crippen LogP contribution in [0.4, 0.5) is 22.0 Å². The Bertz CT molecular complexity index is 634. The highest BCUT2D eigenvalue weighted by atomic mass is 19.4. The molecular formula is C15H11F5O. The maximum absolute atomic E-state index is 13.2. The summed E-state index contributed by atoms with van der Waals surface area (Å²) in [7, 11) is 1.23. The molecule has 0 heterocycles. The minimum absolute atomic E-state index is 0.0236. The zero-order chi connectivity index (χ0) is 15.6. The normalized spacial score (nSPS) is 11.8. The van der Waals surface area contributed by atoms with Crippen LogP contribution in [0.15, 0.2) is 42.5 Å². The average molecular weight is 302 g/mol. The van der Waals surface area contributed by atoms with E-state index in [9.17, 15) is 22.0 Å². The predicted molar refractivity (Wildman–Crippen MR) is 68.4 cm³/mol. The molecule has 1 nitrogen and oxygen atoms in total. The van der Waals surface area contributed by atoms with Crippen LogP contribution in [-0.2, 0) is 6.18 Å². The summed E-state index contributed by atoms with van der Waals surface area (Å²) in [6.07, 6.45) is -7.38. The third-order valence-electron chi connectivity index (χ3n) is 3.01. The van der Waals surface area contributed by atoms with Crippen molar-refractivity contribution in [2.75, 3.05) is 7.11 Å². The number of ether oxygens (including phenoxy) is 1. The minimum atomic E-state index is -4.53. The monoisotopic (exact) mass is 302 g/mol. The lowest BCUT2D eigenvalue weighted by molar-refractivity contribution is -0.137. The van der Waals surface area contributed by atoms with Gasteiger partial charge in [-0.15, -0.1) is 0 Å². The van der Waals surface area contributed by atoms with Crippen molar-refractivity contribution in [1.82, 2.24) is 0 Å². The molecule has 0 fully saturated rings. The van der Waals surface area contributed by atoms with Crippen LogP contribution in [0.1, 0.15) is 17.6 Å². The Morgan fingerprint density at radius 2 is 1.67 bits per heavy atom. The van der Waals surface area contributed by atoms with E-state index in [2.05, 4.69) is 0 Å². The molecule has 0 aliphatic rings. The van der Waals surface area contributed by atoms with Gasteiger partial charge in [0, 0.05) is 0 Å². The summed E-state index contributed by atoms with van der Waals surface area (Å²) in [5.74, 6) is -0.0556. The summed E-state index contributed by atoms with van der Waals surface area (Å²) in [4.78, 5) is 0. The smallest absolute Gasteiger partial charge is 0.416 e. The van der Waals surface area contributed by atoms with Gasteiger partial charge in [0.15, 0.2) is 0 Å². The van der Waals surface area contributed by atoms with Crippen LogP contribution >= 0.6 is 0 Å². The maximum Gasteiger partial charge on any atom is 0.416 e. The Labute approximate surface area is 118 Å². The van der Waals surface area contributed by atoms with E-state index in [1.54, 1.807) is 0 Å². The van der Waals surface area contributed by atoms with Gasteiger partial charge in [-0.2, -0.15) is 13.2 Å². The minimum Gasteiger partial charge on any atom is -0.496 e. The van der Waals surface area contributed by atoms with Crippen molar-refractivity contribution in [2.45, 2.75) is 12.6 Å². The van der Waals surface area contributed by atoms with Crippen molar-refractivity contribution in [2.24, 2.45) is 0 Å². The first-order chi connectivity index (χ1) is 9.84. The van der Waals surface area contributed by atoms with Crippen molar-refractivity contribution in [3.63, 3.8) is 0 Å². The fourth-order valence-corrected chi connectivity index (χ4v) is 2.06. The fraction of sp³-hybridized carbons (Fsp3) is 0.200. The van der Waals surface area contributed by atoms with Gasteiger partial charge in [0.2, 0.25) is 0 Å². The number of halogens is 5. The summed E-state index contributed by atoms with van der Waals surface area (Å²) in [6.45, 7) is 0. The molecule has 21 heavy (non-hydrogen) atoms. The second-order valence-electron chi connectivity index (χ2n) is 4.30. The molecule has 2 aromatic carbocycles. The van der Waals surface area contributed by atoms with E-state index in [-0.39, 0.29) is 16.9 Å². The quantitative estimate of drug-likeness (QED) is 0.697. The van der Waals surface area contributed by atoms with Crippen LogP contribution in [0.2, 0.25) is 0 Å². The summed E-state index contributed by atoms with van der Waals surface area (Å²) in [6, 6.07) is 8.44. The van der Waals surface area contributed by atoms with Crippen LogP contribution in [0, 0.1) is 0 Å². The summed E-state index contributed by atoms with van der Waals surface area (Å²) >= 11 is 0. The number of methoxy groups -OCH3 is 1. The SMILES string of the molecule is COc1cccc(-c2cccc(C(F)(F)F)c2)c1C(F)F. The molecule has 0 unspecified atom stereocenters. The van der Waals surface area contributed by atoms with Gasteiger partial charge >= 0.3 is 6.18 Å². The highest BCUT2D eigenvalue weighted by Gasteiger charge is 2.31. The lowest BCUT2D eigenvalue weighted by Crippen LogP contribution is -2.05. The molecule has 0 atom stereocenters. The lowest BCUT2D eigenvalue weighted by atomic mass is 9.97. The zero-order valence-electron chi connectivity index (χ0n) is 10.9. The fourth-order valence-electron chi connectivity index (χ4n) is 2.06. The summed E-state index contributed by atoms with van der Waals surface area (Å²) < 4.78 is 69.4. The Hall–Kier alpha value is -2.11.